The first-order valence-corrected chi connectivity index (χ1v) is 5.83. The maximum absolute atomic E-state index is 13.1. The third-order valence-electron chi connectivity index (χ3n) is 1.71. The highest BCUT2D eigenvalue weighted by Crippen LogP contribution is 2.25. The highest BCUT2D eigenvalue weighted by molar-refractivity contribution is 7.98. The lowest BCUT2D eigenvalue weighted by molar-refractivity contribution is 0.624. The fourth-order valence-corrected chi connectivity index (χ4v) is 1.81. The highest BCUT2D eigenvalue weighted by atomic mass is 35.5. The van der Waals surface area contributed by atoms with E-state index in [1.807, 2.05) is 6.26 Å². The second-order valence-corrected chi connectivity index (χ2v) is 4.12. The van der Waals surface area contributed by atoms with Gasteiger partial charge in [0, 0.05) is 0 Å². The molecule has 0 radical (unpaired) electrons. The lowest BCUT2D eigenvalue weighted by Crippen LogP contribution is -1.94. The van der Waals surface area contributed by atoms with Crippen LogP contribution < -0.4 is 0 Å². The average Bonchev–Trinajstić information content (AvgIpc) is 2.21. The van der Waals surface area contributed by atoms with Crippen LogP contribution in [0.25, 0.3) is 11.0 Å². The Morgan fingerprint density at radius 3 is 2.60 bits per heavy atom. The van der Waals surface area contributed by atoms with E-state index in [9.17, 15) is 4.39 Å². The van der Waals surface area contributed by atoms with Crippen LogP contribution >= 0.6 is 35.0 Å². The second kappa shape index (κ2) is 4.08. The zero-order chi connectivity index (χ0) is 11.0. The topological polar surface area (TPSA) is 38.7 Å². The van der Waals surface area contributed by atoms with Crippen LogP contribution in [0.15, 0.2) is 11.2 Å². The van der Waals surface area contributed by atoms with E-state index in [1.165, 1.54) is 17.8 Å². The van der Waals surface area contributed by atoms with E-state index in [2.05, 4.69) is 15.0 Å². The van der Waals surface area contributed by atoms with Gasteiger partial charge in [-0.25, -0.2) is 19.3 Å². The number of pyridine rings is 1. The Labute approximate surface area is 99.0 Å². The molecule has 0 amide bonds. The van der Waals surface area contributed by atoms with Gasteiger partial charge in [0.1, 0.15) is 5.15 Å². The van der Waals surface area contributed by atoms with Gasteiger partial charge in [-0.15, -0.1) is 0 Å². The van der Waals surface area contributed by atoms with Crippen molar-refractivity contribution in [2.24, 2.45) is 0 Å². The molecule has 0 aliphatic heterocycles. The first-order chi connectivity index (χ1) is 7.11. The summed E-state index contributed by atoms with van der Waals surface area (Å²) < 4.78 is 13.1. The summed E-state index contributed by atoms with van der Waals surface area (Å²) in [5.74, 6) is -0.633. The Morgan fingerprint density at radius 1 is 1.20 bits per heavy atom. The molecule has 7 heteroatoms. The number of aromatic nitrogens is 3. The van der Waals surface area contributed by atoms with Crippen molar-refractivity contribution in [3.8, 4) is 0 Å². The summed E-state index contributed by atoms with van der Waals surface area (Å²) in [7, 11) is 0. The van der Waals surface area contributed by atoms with Crippen LogP contribution in [0.4, 0.5) is 4.39 Å². The van der Waals surface area contributed by atoms with Gasteiger partial charge >= 0.3 is 0 Å². The van der Waals surface area contributed by atoms with Gasteiger partial charge in [0.2, 0.25) is 0 Å². The molecule has 0 N–H and O–H groups in total. The summed E-state index contributed by atoms with van der Waals surface area (Å²) in [6, 6.07) is 1.18. The molecule has 0 saturated carbocycles. The molecule has 2 aromatic rings. The summed E-state index contributed by atoms with van der Waals surface area (Å²) >= 11 is 12.7. The lowest BCUT2D eigenvalue weighted by atomic mass is 10.3. The maximum atomic E-state index is 13.1. The van der Waals surface area contributed by atoms with Crippen LogP contribution in [-0.2, 0) is 0 Å². The molecule has 0 fully saturated rings. The van der Waals surface area contributed by atoms with Crippen molar-refractivity contribution < 1.29 is 4.39 Å². The minimum Gasteiger partial charge on any atom is -0.213 e. The molecule has 0 aromatic carbocycles. The first kappa shape index (κ1) is 10.9. The predicted molar refractivity (Wildman–Crippen MR) is 59.1 cm³/mol. The van der Waals surface area contributed by atoms with Crippen LogP contribution in [0, 0.1) is 5.82 Å². The van der Waals surface area contributed by atoms with Crippen molar-refractivity contribution >= 4 is 46.0 Å². The Kier molecular flexibility index (Phi) is 2.95. The van der Waals surface area contributed by atoms with Crippen LogP contribution in [0.2, 0.25) is 10.3 Å². The van der Waals surface area contributed by atoms with Crippen molar-refractivity contribution in [2.45, 2.75) is 5.16 Å². The Morgan fingerprint density at radius 2 is 1.93 bits per heavy atom. The fourth-order valence-electron chi connectivity index (χ4n) is 1.05. The molecule has 2 rings (SSSR count). The van der Waals surface area contributed by atoms with Gasteiger partial charge in [-0.1, -0.05) is 35.0 Å². The molecule has 15 heavy (non-hydrogen) atoms. The van der Waals surface area contributed by atoms with Crippen LogP contribution in [0.5, 0.6) is 0 Å². The zero-order valence-electron chi connectivity index (χ0n) is 7.46. The summed E-state index contributed by atoms with van der Waals surface area (Å²) in [6.07, 6.45) is 1.81. The fraction of sp³-hybridized carbons (Fsp3) is 0.125. The maximum Gasteiger partial charge on any atom is 0.190 e. The Hall–Kier alpha value is -0.650. The smallest absolute Gasteiger partial charge is 0.190 e. The van der Waals surface area contributed by atoms with E-state index < -0.39 is 5.82 Å². The number of halogens is 3. The monoisotopic (exact) mass is 263 g/mol. The van der Waals surface area contributed by atoms with Gasteiger partial charge in [0.25, 0.3) is 0 Å². The second-order valence-electron chi connectivity index (χ2n) is 2.63. The molecule has 0 spiro atoms. The molecule has 0 aliphatic carbocycles. The van der Waals surface area contributed by atoms with Crippen molar-refractivity contribution in [3.05, 3.63) is 22.2 Å². The minimum atomic E-state index is -0.633. The van der Waals surface area contributed by atoms with E-state index in [-0.39, 0.29) is 10.3 Å². The molecular formula is C8H4Cl2FN3S. The van der Waals surface area contributed by atoms with E-state index in [1.54, 1.807) is 0 Å². The average molecular weight is 264 g/mol. The number of fused-ring (bicyclic) bond motifs is 1. The van der Waals surface area contributed by atoms with Gasteiger partial charge in [0.05, 0.1) is 5.39 Å². The van der Waals surface area contributed by atoms with Crippen LogP contribution in [0.1, 0.15) is 0 Å². The van der Waals surface area contributed by atoms with Crippen molar-refractivity contribution in [2.75, 3.05) is 6.26 Å². The molecule has 0 saturated heterocycles. The molecule has 2 heterocycles. The Bertz CT molecular complexity index is 535. The third-order valence-corrected chi connectivity index (χ3v) is 2.81. The summed E-state index contributed by atoms with van der Waals surface area (Å²) in [5.41, 5.74) is 0.297. The third kappa shape index (κ3) is 2.00. The van der Waals surface area contributed by atoms with E-state index in [0.717, 1.165) is 0 Å². The van der Waals surface area contributed by atoms with E-state index in [0.29, 0.717) is 16.2 Å². The number of thioether (sulfide) groups is 1. The van der Waals surface area contributed by atoms with Gasteiger partial charge in [-0.2, -0.15) is 0 Å². The lowest BCUT2D eigenvalue weighted by Gasteiger charge is -2.02. The summed E-state index contributed by atoms with van der Waals surface area (Å²) in [4.78, 5) is 11.8. The molecular weight excluding hydrogens is 260 g/mol. The van der Waals surface area contributed by atoms with E-state index >= 15 is 0 Å². The van der Waals surface area contributed by atoms with E-state index in [4.69, 9.17) is 23.2 Å². The molecule has 2 aromatic heterocycles. The van der Waals surface area contributed by atoms with Gasteiger partial charge in [-0.05, 0) is 12.3 Å². The number of hydrogen-bond donors (Lipinski definition) is 0. The molecule has 3 nitrogen and oxygen atoms in total. The van der Waals surface area contributed by atoms with Crippen molar-refractivity contribution in [1.82, 2.24) is 15.0 Å². The van der Waals surface area contributed by atoms with Crippen molar-refractivity contribution in [1.29, 1.82) is 0 Å². The van der Waals surface area contributed by atoms with Gasteiger partial charge in [0.15, 0.2) is 21.8 Å². The number of hydrogen-bond acceptors (Lipinski definition) is 4. The molecule has 0 aliphatic rings. The van der Waals surface area contributed by atoms with Crippen LogP contribution in [-0.4, -0.2) is 21.2 Å². The normalized spacial score (nSPS) is 10.9. The largest absolute Gasteiger partial charge is 0.213 e. The first-order valence-electron chi connectivity index (χ1n) is 3.85. The van der Waals surface area contributed by atoms with Crippen LogP contribution in [0.3, 0.4) is 0 Å². The molecule has 0 bridgehead atoms. The Balaban J connectivity index is 2.80. The van der Waals surface area contributed by atoms with Crippen molar-refractivity contribution in [3.63, 3.8) is 0 Å². The van der Waals surface area contributed by atoms with Gasteiger partial charge < -0.3 is 0 Å². The molecule has 78 valence electrons. The SMILES string of the molecule is CSc1nc(Cl)c2cc(F)c(Cl)nc2n1. The number of nitrogens with zero attached hydrogens (tertiary/aromatic N) is 3. The molecule has 0 atom stereocenters. The quantitative estimate of drug-likeness (QED) is 0.343. The summed E-state index contributed by atoms with van der Waals surface area (Å²) in [6.45, 7) is 0. The zero-order valence-corrected chi connectivity index (χ0v) is 9.79. The molecule has 0 unspecified atom stereocenters. The summed E-state index contributed by atoms with van der Waals surface area (Å²) in [5, 5.41) is 0.788. The highest BCUT2D eigenvalue weighted by Gasteiger charge is 2.10. The number of rotatable bonds is 1. The predicted octanol–water partition coefficient (Wildman–Crippen LogP) is 3.19. The van der Waals surface area contributed by atoms with Gasteiger partial charge in [-0.3, -0.25) is 0 Å². The minimum absolute atomic E-state index is 0.174. The standard InChI is InChI=1S/C8H4Cl2FN3S/c1-15-8-13-5(9)3-2-4(11)6(10)12-7(3)14-8/h2H,1H3.